The molecule has 3 amide bonds. The van der Waals surface area contributed by atoms with Crippen molar-refractivity contribution in [2.24, 2.45) is 0 Å². The van der Waals surface area contributed by atoms with Crippen LogP contribution in [0.4, 0.5) is 4.79 Å². The predicted octanol–water partition coefficient (Wildman–Crippen LogP) is 0.373. The SMILES string of the molecule is CN1C[C@H](NC(=O)N2CCN(C(=O)c3cccs3)CC2)C[C@H]1C(=O)O. The minimum Gasteiger partial charge on any atom is -0.480 e. The Morgan fingerprint density at radius 3 is 2.44 bits per heavy atom. The van der Waals surface area contributed by atoms with E-state index >= 15 is 0 Å². The van der Waals surface area contributed by atoms with Gasteiger partial charge in [-0.05, 0) is 24.9 Å². The van der Waals surface area contributed by atoms with Crippen LogP contribution in [-0.2, 0) is 4.79 Å². The van der Waals surface area contributed by atoms with Gasteiger partial charge in [-0.1, -0.05) is 6.07 Å². The Balaban J connectivity index is 1.47. The second-order valence-corrected chi connectivity index (χ2v) is 7.38. The van der Waals surface area contributed by atoms with Gasteiger partial charge in [0.1, 0.15) is 6.04 Å². The molecule has 0 bridgehead atoms. The summed E-state index contributed by atoms with van der Waals surface area (Å²) >= 11 is 1.42. The molecule has 2 aliphatic heterocycles. The third-order valence-electron chi connectivity index (χ3n) is 4.75. The quantitative estimate of drug-likeness (QED) is 0.806. The first-order valence-corrected chi connectivity index (χ1v) is 9.15. The van der Waals surface area contributed by atoms with Crippen molar-refractivity contribution in [3.63, 3.8) is 0 Å². The summed E-state index contributed by atoms with van der Waals surface area (Å²) in [6, 6.07) is 2.76. The van der Waals surface area contributed by atoms with E-state index in [1.165, 1.54) is 11.3 Å². The number of carboxylic acids is 1. The summed E-state index contributed by atoms with van der Waals surface area (Å²) in [5.41, 5.74) is 0. The molecular formula is C16H22N4O4S. The molecule has 0 saturated carbocycles. The first-order chi connectivity index (χ1) is 12.0. The van der Waals surface area contributed by atoms with Gasteiger partial charge in [0.15, 0.2) is 0 Å². The van der Waals surface area contributed by atoms with Crippen LogP contribution in [0.5, 0.6) is 0 Å². The number of piperazine rings is 1. The Kier molecular flexibility index (Phi) is 5.24. The van der Waals surface area contributed by atoms with E-state index in [0.29, 0.717) is 44.0 Å². The molecule has 2 fully saturated rings. The molecule has 0 aromatic carbocycles. The van der Waals surface area contributed by atoms with Gasteiger partial charge < -0.3 is 20.2 Å². The fraction of sp³-hybridized carbons (Fsp3) is 0.562. The van der Waals surface area contributed by atoms with Crippen molar-refractivity contribution < 1.29 is 19.5 Å². The maximum atomic E-state index is 12.4. The highest BCUT2D eigenvalue weighted by molar-refractivity contribution is 7.12. The van der Waals surface area contributed by atoms with Crippen LogP contribution in [0.1, 0.15) is 16.1 Å². The van der Waals surface area contributed by atoms with Crippen molar-refractivity contribution in [3.8, 4) is 0 Å². The Morgan fingerprint density at radius 2 is 1.88 bits per heavy atom. The summed E-state index contributed by atoms with van der Waals surface area (Å²) in [5, 5.41) is 13.9. The molecule has 3 heterocycles. The summed E-state index contributed by atoms with van der Waals surface area (Å²) in [6.07, 6.45) is 0.411. The topological polar surface area (TPSA) is 93.2 Å². The van der Waals surface area contributed by atoms with Gasteiger partial charge in [0.05, 0.1) is 4.88 Å². The number of nitrogens with zero attached hydrogens (tertiary/aromatic N) is 3. The molecule has 25 heavy (non-hydrogen) atoms. The number of hydrogen-bond acceptors (Lipinski definition) is 5. The van der Waals surface area contributed by atoms with Crippen molar-refractivity contribution in [1.82, 2.24) is 20.0 Å². The molecule has 3 rings (SSSR count). The second-order valence-electron chi connectivity index (χ2n) is 6.43. The summed E-state index contributed by atoms with van der Waals surface area (Å²) in [4.78, 5) is 41.7. The highest BCUT2D eigenvalue weighted by Gasteiger charge is 2.36. The zero-order valence-electron chi connectivity index (χ0n) is 14.1. The fourth-order valence-electron chi connectivity index (χ4n) is 3.33. The van der Waals surface area contributed by atoms with Gasteiger partial charge >= 0.3 is 12.0 Å². The third kappa shape index (κ3) is 3.93. The standard InChI is InChI=1S/C16H22N4O4S/c1-18-10-11(9-12(18)15(22)23)17-16(24)20-6-4-19(5-7-20)14(21)13-3-2-8-25-13/h2-3,8,11-12H,4-7,9-10H2,1H3,(H,17,24)(H,22,23)/t11-,12+/m1/s1. The maximum absolute atomic E-state index is 12.4. The van der Waals surface area contributed by atoms with Crippen molar-refractivity contribution in [2.75, 3.05) is 39.8 Å². The molecule has 2 atom stereocenters. The van der Waals surface area contributed by atoms with Gasteiger partial charge in [-0.2, -0.15) is 0 Å². The highest BCUT2D eigenvalue weighted by atomic mass is 32.1. The van der Waals surface area contributed by atoms with E-state index in [9.17, 15) is 14.4 Å². The largest absolute Gasteiger partial charge is 0.480 e. The molecular weight excluding hydrogens is 344 g/mol. The number of nitrogens with one attached hydrogen (secondary N) is 1. The maximum Gasteiger partial charge on any atom is 0.320 e. The van der Waals surface area contributed by atoms with E-state index in [1.54, 1.807) is 21.7 Å². The molecule has 9 heteroatoms. The average molecular weight is 366 g/mol. The number of urea groups is 1. The molecule has 1 aromatic heterocycles. The Hall–Kier alpha value is -2.13. The van der Waals surface area contributed by atoms with E-state index in [1.807, 2.05) is 17.5 Å². The smallest absolute Gasteiger partial charge is 0.320 e. The lowest BCUT2D eigenvalue weighted by Crippen LogP contribution is -2.54. The zero-order valence-corrected chi connectivity index (χ0v) is 14.9. The highest BCUT2D eigenvalue weighted by Crippen LogP contribution is 2.17. The summed E-state index contributed by atoms with van der Waals surface area (Å²) in [7, 11) is 1.75. The number of thiophene rings is 1. The van der Waals surface area contributed by atoms with Crippen molar-refractivity contribution >= 4 is 29.2 Å². The molecule has 1 aromatic rings. The Morgan fingerprint density at radius 1 is 1.20 bits per heavy atom. The van der Waals surface area contributed by atoms with Crippen molar-refractivity contribution in [1.29, 1.82) is 0 Å². The predicted molar refractivity (Wildman–Crippen MR) is 92.8 cm³/mol. The Labute approximate surface area is 150 Å². The van der Waals surface area contributed by atoms with E-state index in [0.717, 1.165) is 0 Å². The van der Waals surface area contributed by atoms with Gasteiger partial charge in [-0.15, -0.1) is 11.3 Å². The van der Waals surface area contributed by atoms with Gasteiger partial charge in [-0.3, -0.25) is 14.5 Å². The fourth-order valence-corrected chi connectivity index (χ4v) is 4.02. The number of carboxylic acid groups (broad SMARTS) is 1. The second kappa shape index (κ2) is 7.40. The minimum atomic E-state index is -0.861. The lowest BCUT2D eigenvalue weighted by atomic mass is 10.2. The van der Waals surface area contributed by atoms with E-state index in [-0.39, 0.29) is 18.0 Å². The monoisotopic (exact) mass is 366 g/mol. The van der Waals surface area contributed by atoms with Crippen LogP contribution in [0.3, 0.4) is 0 Å². The van der Waals surface area contributed by atoms with E-state index in [4.69, 9.17) is 5.11 Å². The summed E-state index contributed by atoms with van der Waals surface area (Å²) < 4.78 is 0. The van der Waals surface area contributed by atoms with Crippen LogP contribution in [0.15, 0.2) is 17.5 Å². The average Bonchev–Trinajstić information content (AvgIpc) is 3.24. The minimum absolute atomic E-state index is 0.0109. The first-order valence-electron chi connectivity index (χ1n) is 8.27. The number of aliphatic carboxylic acids is 1. The molecule has 0 spiro atoms. The molecule has 136 valence electrons. The van der Waals surface area contributed by atoms with Gasteiger partial charge in [0.25, 0.3) is 5.91 Å². The van der Waals surface area contributed by atoms with Crippen molar-refractivity contribution in [3.05, 3.63) is 22.4 Å². The van der Waals surface area contributed by atoms with Crippen LogP contribution in [0.2, 0.25) is 0 Å². The van der Waals surface area contributed by atoms with Gasteiger partial charge in [0.2, 0.25) is 0 Å². The van der Waals surface area contributed by atoms with Crippen LogP contribution >= 0.6 is 11.3 Å². The normalized spacial score (nSPS) is 24.4. The molecule has 0 unspecified atom stereocenters. The summed E-state index contributed by atoms with van der Waals surface area (Å²) in [6.45, 7) is 2.50. The number of likely N-dealkylation sites (tertiary alicyclic amines) is 1. The number of amides is 3. The number of hydrogen-bond donors (Lipinski definition) is 2. The lowest BCUT2D eigenvalue weighted by molar-refractivity contribution is -0.141. The van der Waals surface area contributed by atoms with Crippen LogP contribution in [-0.4, -0.2) is 89.6 Å². The van der Waals surface area contributed by atoms with E-state index in [2.05, 4.69) is 5.32 Å². The number of likely N-dealkylation sites (N-methyl/N-ethyl adjacent to an activating group) is 1. The molecule has 2 N–H and O–H groups in total. The number of rotatable bonds is 3. The van der Waals surface area contributed by atoms with Crippen LogP contribution in [0, 0.1) is 0 Å². The summed E-state index contributed by atoms with van der Waals surface area (Å²) in [5.74, 6) is -0.850. The molecule has 2 aliphatic rings. The number of carbonyl (C=O) groups is 3. The first kappa shape index (κ1) is 17.7. The molecule has 0 radical (unpaired) electrons. The molecule has 2 saturated heterocycles. The Bertz CT molecular complexity index is 643. The van der Waals surface area contributed by atoms with Crippen molar-refractivity contribution in [2.45, 2.75) is 18.5 Å². The lowest BCUT2D eigenvalue weighted by Gasteiger charge is -2.35. The van der Waals surface area contributed by atoms with Crippen LogP contribution in [0.25, 0.3) is 0 Å². The third-order valence-corrected chi connectivity index (χ3v) is 5.60. The van der Waals surface area contributed by atoms with Gasteiger partial charge in [-0.25, -0.2) is 4.79 Å². The number of carbonyl (C=O) groups excluding carboxylic acids is 2. The molecule has 0 aliphatic carbocycles. The van der Waals surface area contributed by atoms with Crippen LogP contribution < -0.4 is 5.32 Å². The van der Waals surface area contributed by atoms with Gasteiger partial charge in [0, 0.05) is 38.8 Å². The van der Waals surface area contributed by atoms with E-state index < -0.39 is 12.0 Å². The molecule has 8 nitrogen and oxygen atoms in total. The zero-order chi connectivity index (χ0) is 18.0.